The van der Waals surface area contributed by atoms with Gasteiger partial charge in [-0.05, 0) is 20.8 Å². The van der Waals surface area contributed by atoms with Crippen molar-refractivity contribution in [2.24, 2.45) is 0 Å². The van der Waals surface area contributed by atoms with Gasteiger partial charge in [-0.25, -0.2) is 8.78 Å². The van der Waals surface area contributed by atoms with E-state index in [1.54, 1.807) is 0 Å². The second kappa shape index (κ2) is 6.44. The molecule has 0 saturated carbocycles. The molecule has 0 aromatic heterocycles. The fraction of sp³-hybridized carbons (Fsp3) is 1.00. The molecule has 0 aromatic rings. The average molecular weight is 241 g/mol. The maximum Gasteiger partial charge on any atom is 0.282 e. The summed E-state index contributed by atoms with van der Waals surface area (Å²) in [5.74, 6) is -3.15. The van der Waals surface area contributed by atoms with Gasteiger partial charge < -0.3 is 20.3 Å². The normalized spacial score (nSPS) is 15.2. The van der Waals surface area contributed by atoms with Gasteiger partial charge in [-0.2, -0.15) is 0 Å². The van der Waals surface area contributed by atoms with Gasteiger partial charge in [0.2, 0.25) is 0 Å². The molecule has 0 radical (unpaired) electrons. The van der Waals surface area contributed by atoms with E-state index >= 15 is 0 Å². The number of halogens is 2. The van der Waals surface area contributed by atoms with Gasteiger partial charge in [-0.3, -0.25) is 0 Å². The van der Waals surface area contributed by atoms with E-state index in [4.69, 9.17) is 9.84 Å². The van der Waals surface area contributed by atoms with Crippen molar-refractivity contribution in [3.63, 3.8) is 0 Å². The lowest BCUT2D eigenvalue weighted by Crippen LogP contribution is -2.41. The molecule has 98 valence electrons. The van der Waals surface area contributed by atoms with Gasteiger partial charge in [-0.1, -0.05) is 0 Å². The van der Waals surface area contributed by atoms with Crippen molar-refractivity contribution in [2.45, 2.75) is 38.4 Å². The zero-order chi connectivity index (χ0) is 12.8. The molecule has 0 rings (SSSR count). The molecule has 0 aliphatic heterocycles. The van der Waals surface area contributed by atoms with E-state index in [0.29, 0.717) is 0 Å². The number of alkyl halides is 2. The van der Waals surface area contributed by atoms with Crippen molar-refractivity contribution in [3.8, 4) is 0 Å². The molecule has 0 bridgehead atoms. The van der Waals surface area contributed by atoms with Crippen LogP contribution >= 0.6 is 0 Å². The summed E-state index contributed by atoms with van der Waals surface area (Å²) in [7, 11) is 0. The minimum Gasteiger partial charge on any atom is -0.390 e. The number of aliphatic hydroxyl groups excluding tert-OH is 2. The molecule has 0 aliphatic carbocycles. The zero-order valence-corrected chi connectivity index (χ0v) is 9.96. The molecule has 0 saturated heterocycles. The van der Waals surface area contributed by atoms with Crippen molar-refractivity contribution in [1.82, 2.24) is 5.32 Å². The van der Waals surface area contributed by atoms with E-state index in [1.165, 1.54) is 0 Å². The highest BCUT2D eigenvalue weighted by Gasteiger charge is 2.27. The van der Waals surface area contributed by atoms with Crippen molar-refractivity contribution < 1.29 is 23.7 Å². The Morgan fingerprint density at radius 3 is 2.31 bits per heavy atom. The predicted molar refractivity (Wildman–Crippen MR) is 56.6 cm³/mol. The van der Waals surface area contributed by atoms with Crippen molar-refractivity contribution >= 4 is 0 Å². The molecule has 0 fully saturated rings. The average Bonchev–Trinajstić information content (AvgIpc) is 2.13. The maximum absolute atomic E-state index is 12.6. The number of nitrogens with one attached hydrogen (secondary N) is 1. The zero-order valence-electron chi connectivity index (χ0n) is 9.96. The lowest BCUT2D eigenvalue weighted by Gasteiger charge is -2.22. The molecular weight excluding hydrogens is 220 g/mol. The standard InChI is InChI=1S/C10H21F2NO3/c1-9(2,3)16-5-8(15)4-13-6-10(11,12)7-14/h8,13-15H,4-7H2,1-3H3. The number of rotatable bonds is 7. The highest BCUT2D eigenvalue weighted by Crippen LogP contribution is 2.10. The van der Waals surface area contributed by atoms with E-state index in [0.717, 1.165) is 0 Å². The first-order chi connectivity index (χ1) is 7.16. The largest absolute Gasteiger partial charge is 0.390 e. The van der Waals surface area contributed by atoms with Gasteiger partial charge >= 0.3 is 0 Å². The quantitative estimate of drug-likeness (QED) is 0.603. The minimum absolute atomic E-state index is 0.00562. The van der Waals surface area contributed by atoms with Crippen LogP contribution in [0.4, 0.5) is 8.78 Å². The minimum atomic E-state index is -3.15. The third kappa shape index (κ3) is 8.96. The van der Waals surface area contributed by atoms with Crippen LogP contribution in [0.1, 0.15) is 20.8 Å². The molecule has 3 N–H and O–H groups in total. The summed E-state index contributed by atoms with van der Waals surface area (Å²) in [6, 6.07) is 0. The molecule has 0 aromatic carbocycles. The molecule has 0 spiro atoms. The highest BCUT2D eigenvalue weighted by molar-refractivity contribution is 4.70. The van der Waals surface area contributed by atoms with E-state index in [2.05, 4.69) is 5.32 Å². The Kier molecular flexibility index (Phi) is 6.32. The number of hydrogen-bond donors (Lipinski definition) is 3. The molecule has 6 heteroatoms. The first-order valence-corrected chi connectivity index (χ1v) is 5.18. The molecule has 0 heterocycles. The molecular formula is C10H21F2NO3. The van der Waals surface area contributed by atoms with Gasteiger partial charge in [0.25, 0.3) is 5.92 Å². The fourth-order valence-corrected chi connectivity index (χ4v) is 0.883. The van der Waals surface area contributed by atoms with Crippen LogP contribution in [-0.4, -0.2) is 54.1 Å². The second-order valence-corrected chi connectivity index (χ2v) is 4.72. The predicted octanol–water partition coefficient (Wildman–Crippen LogP) is 0.380. The molecule has 16 heavy (non-hydrogen) atoms. The summed E-state index contributed by atoms with van der Waals surface area (Å²) in [5, 5.41) is 20.1. The van der Waals surface area contributed by atoms with E-state index < -0.39 is 25.2 Å². The summed E-state index contributed by atoms with van der Waals surface area (Å²) in [5.41, 5.74) is -0.365. The summed E-state index contributed by atoms with van der Waals surface area (Å²) < 4.78 is 30.4. The van der Waals surface area contributed by atoms with Crippen LogP contribution in [0.5, 0.6) is 0 Å². The van der Waals surface area contributed by atoms with Crippen LogP contribution < -0.4 is 5.32 Å². The Labute approximate surface area is 94.6 Å². The fourth-order valence-electron chi connectivity index (χ4n) is 0.883. The van der Waals surface area contributed by atoms with Crippen LogP contribution in [0.3, 0.4) is 0 Å². The SMILES string of the molecule is CC(C)(C)OCC(O)CNCC(F)(F)CO. The van der Waals surface area contributed by atoms with E-state index in [9.17, 15) is 13.9 Å². The number of hydrogen-bond acceptors (Lipinski definition) is 4. The Morgan fingerprint density at radius 2 is 1.88 bits per heavy atom. The van der Waals surface area contributed by atoms with Gasteiger partial charge in [0.05, 0.1) is 24.9 Å². The molecule has 1 unspecified atom stereocenters. The van der Waals surface area contributed by atoms with Crippen molar-refractivity contribution in [3.05, 3.63) is 0 Å². The van der Waals surface area contributed by atoms with Gasteiger partial charge in [0, 0.05) is 6.54 Å². The highest BCUT2D eigenvalue weighted by atomic mass is 19.3. The van der Waals surface area contributed by atoms with Gasteiger partial charge in [-0.15, -0.1) is 0 Å². The summed E-state index contributed by atoms with van der Waals surface area (Å²) >= 11 is 0. The van der Waals surface area contributed by atoms with Crippen LogP contribution in [0.2, 0.25) is 0 Å². The molecule has 0 amide bonds. The third-order valence-corrected chi connectivity index (χ3v) is 1.70. The maximum atomic E-state index is 12.6. The van der Waals surface area contributed by atoms with Gasteiger partial charge in [0.15, 0.2) is 0 Å². The van der Waals surface area contributed by atoms with E-state index in [-0.39, 0.29) is 18.8 Å². The van der Waals surface area contributed by atoms with Crippen LogP contribution in [-0.2, 0) is 4.74 Å². The topological polar surface area (TPSA) is 61.7 Å². The van der Waals surface area contributed by atoms with E-state index in [1.807, 2.05) is 20.8 Å². The Morgan fingerprint density at radius 1 is 1.31 bits per heavy atom. The van der Waals surface area contributed by atoms with Crippen LogP contribution in [0.15, 0.2) is 0 Å². The lowest BCUT2D eigenvalue weighted by atomic mass is 10.2. The summed E-state index contributed by atoms with van der Waals surface area (Å²) in [6.07, 6.45) is -0.839. The summed E-state index contributed by atoms with van der Waals surface area (Å²) in [4.78, 5) is 0. The Bertz CT molecular complexity index is 195. The third-order valence-electron chi connectivity index (χ3n) is 1.70. The van der Waals surface area contributed by atoms with Crippen LogP contribution in [0, 0.1) is 0 Å². The Hall–Kier alpha value is -0.300. The monoisotopic (exact) mass is 241 g/mol. The smallest absolute Gasteiger partial charge is 0.282 e. The lowest BCUT2D eigenvalue weighted by molar-refractivity contribution is -0.0600. The van der Waals surface area contributed by atoms with Gasteiger partial charge in [0.1, 0.15) is 6.61 Å². The first-order valence-electron chi connectivity index (χ1n) is 5.18. The molecule has 4 nitrogen and oxygen atoms in total. The Balaban J connectivity index is 3.63. The molecule has 1 atom stereocenters. The van der Waals surface area contributed by atoms with Crippen molar-refractivity contribution in [1.29, 1.82) is 0 Å². The van der Waals surface area contributed by atoms with Crippen LogP contribution in [0.25, 0.3) is 0 Å². The number of aliphatic hydroxyl groups is 2. The first kappa shape index (κ1) is 15.7. The molecule has 0 aliphatic rings. The number of ether oxygens (including phenoxy) is 1. The summed E-state index contributed by atoms with van der Waals surface area (Å²) in [6.45, 7) is 3.75. The van der Waals surface area contributed by atoms with Crippen molar-refractivity contribution in [2.75, 3.05) is 26.3 Å². The second-order valence-electron chi connectivity index (χ2n) is 4.72.